The van der Waals surface area contributed by atoms with Crippen LogP contribution in [0.4, 0.5) is 28.4 Å². The van der Waals surface area contributed by atoms with Crippen LogP contribution in [0.5, 0.6) is 23.0 Å². The van der Waals surface area contributed by atoms with Crippen molar-refractivity contribution in [2.75, 3.05) is 9.71 Å². The van der Waals surface area contributed by atoms with E-state index in [1.54, 1.807) is 0 Å². The molecule has 3 heterocycles. The van der Waals surface area contributed by atoms with Crippen LogP contribution in [-0.4, -0.2) is 6.85 Å². The number of aryl methyl sites for hydroxylation is 1. The summed E-state index contributed by atoms with van der Waals surface area (Å²) in [5, 5.41) is 0. The highest BCUT2D eigenvalue weighted by Crippen LogP contribution is 2.53. The molecule has 302 valence electrons. The lowest BCUT2D eigenvalue weighted by Gasteiger charge is -2.47. The van der Waals surface area contributed by atoms with E-state index >= 15 is 0 Å². The van der Waals surface area contributed by atoms with Crippen LogP contribution in [0, 0.1) is 6.92 Å². The molecule has 0 saturated carbocycles. The van der Waals surface area contributed by atoms with Crippen LogP contribution < -0.4 is 30.1 Å². The monoisotopic (exact) mass is 804 g/mol. The van der Waals surface area contributed by atoms with E-state index in [2.05, 4.69) is 204 Å². The van der Waals surface area contributed by atoms with Crippen LogP contribution in [0.15, 0.2) is 170 Å². The molecule has 8 aromatic carbocycles. The largest absolute Gasteiger partial charge is 0.450 e. The molecule has 0 aliphatic carbocycles. The van der Waals surface area contributed by atoms with E-state index in [-0.39, 0.29) is 17.7 Å². The van der Waals surface area contributed by atoms with E-state index in [1.807, 2.05) is 24.3 Å². The molecule has 0 radical (unpaired) electrons. The maximum absolute atomic E-state index is 6.77. The molecule has 0 spiro atoms. The van der Waals surface area contributed by atoms with E-state index in [1.165, 1.54) is 61.2 Å². The molecule has 0 bridgehead atoms. The van der Waals surface area contributed by atoms with Gasteiger partial charge in [0.1, 0.15) is 0 Å². The minimum absolute atomic E-state index is 0.0389. The summed E-state index contributed by atoms with van der Waals surface area (Å²) in [5.41, 5.74) is 18.9. The number of hydrogen-bond donors (Lipinski definition) is 0. The third-order valence-electron chi connectivity index (χ3n) is 12.8. The van der Waals surface area contributed by atoms with Crippen LogP contribution in [-0.2, 0) is 10.8 Å². The second-order valence-electron chi connectivity index (χ2n) is 19.1. The molecule has 0 unspecified atom stereocenters. The quantitative estimate of drug-likeness (QED) is 0.165. The van der Waals surface area contributed by atoms with Gasteiger partial charge in [0.05, 0.1) is 5.69 Å². The normalized spacial score (nSPS) is 13.6. The minimum atomic E-state index is -0.218. The maximum Gasteiger partial charge on any atom is 0.333 e. The molecule has 0 atom stereocenters. The SMILES string of the molecule is Cc1cc2c3c(c1)N(c1ccc(C(C)(C)C)cc1-c1ccccc1)c1cc4c(cc1B3N(c1ccc(C(C)(C)C)cc1-c1ccccc1)c1ccccc1-2)Oc1ccccc1O4. The lowest BCUT2D eigenvalue weighted by atomic mass is 9.43. The van der Waals surface area contributed by atoms with Gasteiger partial charge in [0, 0.05) is 45.5 Å². The topological polar surface area (TPSA) is 24.9 Å². The minimum Gasteiger partial charge on any atom is -0.450 e. The lowest BCUT2D eigenvalue weighted by Crippen LogP contribution is -2.61. The van der Waals surface area contributed by atoms with Crippen molar-refractivity contribution in [3.05, 3.63) is 187 Å². The van der Waals surface area contributed by atoms with Crippen molar-refractivity contribution in [1.82, 2.24) is 0 Å². The van der Waals surface area contributed by atoms with Crippen LogP contribution >= 0.6 is 0 Å². The van der Waals surface area contributed by atoms with E-state index in [0.29, 0.717) is 23.0 Å². The van der Waals surface area contributed by atoms with E-state index in [9.17, 15) is 0 Å². The lowest BCUT2D eigenvalue weighted by molar-refractivity contribution is 0.360. The van der Waals surface area contributed by atoms with Gasteiger partial charge in [-0.2, -0.15) is 0 Å². The molecular weight excluding hydrogens is 755 g/mol. The second kappa shape index (κ2) is 14.0. The van der Waals surface area contributed by atoms with Gasteiger partial charge in [-0.1, -0.05) is 151 Å². The molecule has 0 saturated heterocycles. The third kappa shape index (κ3) is 6.13. The Morgan fingerprint density at radius 2 is 0.919 bits per heavy atom. The van der Waals surface area contributed by atoms with Crippen LogP contribution in [0.25, 0.3) is 33.4 Å². The Bertz CT molecular complexity index is 3070. The first-order valence-electron chi connectivity index (χ1n) is 21.8. The van der Waals surface area contributed by atoms with Crippen molar-refractivity contribution in [3.8, 4) is 56.4 Å². The van der Waals surface area contributed by atoms with Crippen molar-refractivity contribution in [2.24, 2.45) is 0 Å². The highest BCUT2D eigenvalue weighted by molar-refractivity contribution is 6.93. The second-order valence-corrected chi connectivity index (χ2v) is 19.1. The van der Waals surface area contributed by atoms with Gasteiger partial charge >= 0.3 is 6.85 Å². The zero-order chi connectivity index (χ0) is 42.5. The fraction of sp³-hybridized carbons (Fsp3) is 0.158. The Hall–Kier alpha value is -6.98. The van der Waals surface area contributed by atoms with Crippen LogP contribution in [0.2, 0.25) is 0 Å². The Balaban J connectivity index is 1.25. The molecule has 3 aliphatic rings. The average Bonchev–Trinajstić information content (AvgIpc) is 3.27. The van der Waals surface area contributed by atoms with Gasteiger partial charge < -0.3 is 19.2 Å². The summed E-state index contributed by atoms with van der Waals surface area (Å²) in [6.07, 6.45) is 0. The summed E-state index contributed by atoms with van der Waals surface area (Å²) in [6, 6.07) is 62.0. The molecule has 5 heteroatoms. The highest BCUT2D eigenvalue weighted by atomic mass is 16.6. The summed E-state index contributed by atoms with van der Waals surface area (Å²) >= 11 is 0. The van der Waals surface area contributed by atoms with Gasteiger partial charge in [0.25, 0.3) is 0 Å². The van der Waals surface area contributed by atoms with Gasteiger partial charge in [-0.3, -0.25) is 0 Å². The zero-order valence-electron chi connectivity index (χ0n) is 36.5. The molecule has 11 rings (SSSR count). The molecule has 0 N–H and O–H groups in total. The molecule has 3 aliphatic heterocycles. The highest BCUT2D eigenvalue weighted by Gasteiger charge is 2.47. The van der Waals surface area contributed by atoms with Gasteiger partial charge in [-0.15, -0.1) is 0 Å². The Morgan fingerprint density at radius 1 is 0.403 bits per heavy atom. The summed E-state index contributed by atoms with van der Waals surface area (Å²) in [6.45, 7) is 15.8. The smallest absolute Gasteiger partial charge is 0.333 e. The fourth-order valence-corrected chi connectivity index (χ4v) is 9.71. The summed E-state index contributed by atoms with van der Waals surface area (Å²) in [5.74, 6) is 2.82. The summed E-state index contributed by atoms with van der Waals surface area (Å²) in [4.78, 5) is 5.11. The molecule has 4 nitrogen and oxygen atoms in total. The van der Waals surface area contributed by atoms with Gasteiger partial charge in [-0.25, -0.2) is 0 Å². The van der Waals surface area contributed by atoms with E-state index < -0.39 is 0 Å². The average molecular weight is 805 g/mol. The first kappa shape index (κ1) is 38.0. The van der Waals surface area contributed by atoms with Crippen LogP contribution in [0.1, 0.15) is 58.2 Å². The standard InChI is InChI=1S/C57H49BN2O2/c1-36-30-44-41-22-14-15-23-47(41)60(48-29-27-40(57(5,6)7)33-43(48)38-20-12-9-13-21-38)58-45-34-53-54(62-52-25-17-16-24-51(52)61-53)35-49(45)59(50(31-36)55(44)58)46-28-26-39(56(2,3)4)32-42(46)37-18-10-8-11-19-37/h8-35H,1-7H3. The summed E-state index contributed by atoms with van der Waals surface area (Å²) < 4.78 is 13.5. The number of para-hydroxylation sites is 3. The number of benzene rings is 8. The number of rotatable bonds is 4. The number of hydrogen-bond acceptors (Lipinski definition) is 4. The number of fused-ring (bicyclic) bond motifs is 6. The van der Waals surface area contributed by atoms with Gasteiger partial charge in [0.2, 0.25) is 0 Å². The molecule has 0 amide bonds. The zero-order valence-corrected chi connectivity index (χ0v) is 36.5. The number of anilines is 5. The number of ether oxygens (including phenoxy) is 2. The maximum atomic E-state index is 6.77. The molecular formula is C57H49BN2O2. The Labute approximate surface area is 366 Å². The van der Waals surface area contributed by atoms with Gasteiger partial charge in [0.15, 0.2) is 23.0 Å². The predicted molar refractivity (Wildman–Crippen MR) is 260 cm³/mol. The van der Waals surface area contributed by atoms with Crippen LogP contribution in [0.3, 0.4) is 0 Å². The third-order valence-corrected chi connectivity index (χ3v) is 12.8. The number of nitrogens with zero attached hydrogens (tertiary/aromatic N) is 2. The predicted octanol–water partition coefficient (Wildman–Crippen LogP) is 14.5. The summed E-state index contributed by atoms with van der Waals surface area (Å²) in [7, 11) is 0. The first-order chi connectivity index (χ1) is 29.9. The molecule has 62 heavy (non-hydrogen) atoms. The Kier molecular flexibility index (Phi) is 8.60. The van der Waals surface area contributed by atoms with E-state index in [0.717, 1.165) is 28.2 Å². The first-order valence-corrected chi connectivity index (χ1v) is 21.8. The van der Waals surface area contributed by atoms with Crippen molar-refractivity contribution < 1.29 is 9.47 Å². The molecule has 0 aromatic heterocycles. The van der Waals surface area contributed by atoms with Gasteiger partial charge in [-0.05, 0) is 117 Å². The van der Waals surface area contributed by atoms with Crippen molar-refractivity contribution >= 4 is 46.2 Å². The molecule has 8 aromatic rings. The fourth-order valence-electron chi connectivity index (χ4n) is 9.71. The van der Waals surface area contributed by atoms with Crippen molar-refractivity contribution in [2.45, 2.75) is 59.3 Å². The van der Waals surface area contributed by atoms with Crippen molar-refractivity contribution in [3.63, 3.8) is 0 Å². The molecule has 0 fully saturated rings. The van der Waals surface area contributed by atoms with E-state index in [4.69, 9.17) is 9.47 Å². The Morgan fingerprint density at radius 3 is 1.53 bits per heavy atom. The van der Waals surface area contributed by atoms with Crippen molar-refractivity contribution in [1.29, 1.82) is 0 Å².